The first-order valence-corrected chi connectivity index (χ1v) is 11.0. The number of carbonyl (C=O) groups excluding carboxylic acids is 1. The Hall–Kier alpha value is -2.88. The number of pyridine rings is 2. The first-order valence-electron chi connectivity index (χ1n) is 10.6. The summed E-state index contributed by atoms with van der Waals surface area (Å²) in [6, 6.07) is 3.55. The maximum atomic E-state index is 12.5. The van der Waals surface area contributed by atoms with Gasteiger partial charge < -0.3 is 26.8 Å². The summed E-state index contributed by atoms with van der Waals surface area (Å²) >= 11 is 6.44. The Balaban J connectivity index is 1.59. The molecule has 1 amide bonds. The van der Waals surface area contributed by atoms with Crippen molar-refractivity contribution >= 4 is 34.8 Å². The highest BCUT2D eigenvalue weighted by atomic mass is 35.5. The highest BCUT2D eigenvalue weighted by Gasteiger charge is 2.47. The number of aromatic nitrogens is 3. The monoisotopic (exact) mass is 455 g/mol. The standard InChI is InChI=1S/C22H26ClN7O2/c1-12-18(24)22(11-32-12)3-7-29(8-4-22)15-10-14(20(26)31)16(21-28-6-9-30(15)21)13-2-5-27-19(25)17(13)23/h2,5-6,9-10,12,18H,3-4,7-8,11,24H2,1H3,(H2,25,27)(H2,26,31)/t12?,18-/m1/s1. The van der Waals surface area contributed by atoms with Gasteiger partial charge in [-0.2, -0.15) is 0 Å². The van der Waals surface area contributed by atoms with Crippen LogP contribution in [-0.4, -0.2) is 52.1 Å². The Morgan fingerprint density at radius 3 is 2.69 bits per heavy atom. The van der Waals surface area contributed by atoms with Gasteiger partial charge in [0.05, 0.1) is 23.3 Å². The van der Waals surface area contributed by atoms with Crippen LogP contribution in [0.5, 0.6) is 0 Å². The molecule has 168 valence electrons. The molecule has 2 aliphatic rings. The van der Waals surface area contributed by atoms with E-state index in [1.807, 2.05) is 23.6 Å². The van der Waals surface area contributed by atoms with E-state index in [0.29, 0.717) is 28.9 Å². The first-order chi connectivity index (χ1) is 15.3. The number of anilines is 2. The molecule has 5 rings (SSSR count). The van der Waals surface area contributed by atoms with Gasteiger partial charge in [-0.05, 0) is 31.9 Å². The molecule has 6 N–H and O–H groups in total. The minimum absolute atomic E-state index is 0.00147. The Morgan fingerprint density at radius 1 is 1.28 bits per heavy atom. The molecule has 0 aromatic carbocycles. The van der Waals surface area contributed by atoms with Crippen LogP contribution in [0.3, 0.4) is 0 Å². The molecule has 0 saturated carbocycles. The Kier molecular flexibility index (Phi) is 4.99. The number of fused-ring (bicyclic) bond motifs is 1. The summed E-state index contributed by atoms with van der Waals surface area (Å²) in [4.78, 5) is 23.3. The Bertz CT molecular complexity index is 1200. The number of piperidine rings is 1. The molecule has 2 saturated heterocycles. The summed E-state index contributed by atoms with van der Waals surface area (Å²) in [5, 5.41) is 0.261. The molecule has 5 heterocycles. The third-order valence-electron chi connectivity index (χ3n) is 7.03. The van der Waals surface area contributed by atoms with Gasteiger partial charge in [0.2, 0.25) is 5.91 Å². The van der Waals surface area contributed by atoms with Crippen molar-refractivity contribution < 1.29 is 9.53 Å². The van der Waals surface area contributed by atoms with Crippen molar-refractivity contribution in [2.45, 2.75) is 31.9 Å². The normalized spacial score (nSPS) is 22.7. The Morgan fingerprint density at radius 2 is 2.03 bits per heavy atom. The molecule has 3 aromatic heterocycles. The second-order valence-corrected chi connectivity index (χ2v) is 9.10. The van der Waals surface area contributed by atoms with Gasteiger partial charge >= 0.3 is 0 Å². The average molecular weight is 456 g/mol. The van der Waals surface area contributed by atoms with Crippen LogP contribution in [-0.2, 0) is 4.74 Å². The maximum absolute atomic E-state index is 12.5. The smallest absolute Gasteiger partial charge is 0.249 e. The van der Waals surface area contributed by atoms with E-state index in [0.717, 1.165) is 31.7 Å². The van der Waals surface area contributed by atoms with Gasteiger partial charge in [-0.15, -0.1) is 0 Å². The lowest BCUT2D eigenvalue weighted by molar-refractivity contribution is 0.0974. The van der Waals surface area contributed by atoms with Crippen LogP contribution < -0.4 is 22.1 Å². The van der Waals surface area contributed by atoms with Crippen molar-refractivity contribution in [2.24, 2.45) is 16.9 Å². The van der Waals surface area contributed by atoms with Crippen molar-refractivity contribution in [3.05, 3.63) is 41.3 Å². The summed E-state index contributed by atoms with van der Waals surface area (Å²) < 4.78 is 7.80. The molecule has 3 aromatic rings. The molecule has 9 nitrogen and oxygen atoms in total. The fraction of sp³-hybridized carbons (Fsp3) is 0.409. The van der Waals surface area contributed by atoms with Gasteiger partial charge in [0.15, 0.2) is 0 Å². The van der Waals surface area contributed by atoms with E-state index >= 15 is 0 Å². The summed E-state index contributed by atoms with van der Waals surface area (Å²) in [7, 11) is 0. The van der Waals surface area contributed by atoms with E-state index in [1.165, 1.54) is 0 Å². The van der Waals surface area contributed by atoms with Gasteiger partial charge in [0.1, 0.15) is 17.3 Å². The lowest BCUT2D eigenvalue weighted by Crippen LogP contribution is -2.51. The molecule has 0 aliphatic carbocycles. The minimum atomic E-state index is -0.563. The Labute approximate surface area is 190 Å². The molecule has 0 radical (unpaired) electrons. The lowest BCUT2D eigenvalue weighted by atomic mass is 9.73. The van der Waals surface area contributed by atoms with Crippen LogP contribution in [0.1, 0.15) is 30.1 Å². The zero-order chi connectivity index (χ0) is 22.6. The van der Waals surface area contributed by atoms with Crippen molar-refractivity contribution in [1.82, 2.24) is 14.4 Å². The number of amides is 1. The molecular weight excluding hydrogens is 430 g/mol. The van der Waals surface area contributed by atoms with Crippen LogP contribution in [0.4, 0.5) is 11.6 Å². The number of imidazole rings is 1. The molecule has 2 aliphatic heterocycles. The number of primary amides is 1. The largest absolute Gasteiger partial charge is 0.382 e. The predicted molar refractivity (Wildman–Crippen MR) is 124 cm³/mol. The van der Waals surface area contributed by atoms with Crippen LogP contribution in [0.15, 0.2) is 30.7 Å². The molecule has 1 spiro atoms. The van der Waals surface area contributed by atoms with Gasteiger partial charge in [0.25, 0.3) is 0 Å². The van der Waals surface area contributed by atoms with E-state index in [2.05, 4.69) is 14.9 Å². The van der Waals surface area contributed by atoms with Crippen LogP contribution in [0, 0.1) is 5.41 Å². The topological polar surface area (TPSA) is 138 Å². The SMILES string of the molecule is CC1OCC2(CCN(c3cc(C(N)=O)c(-c4ccnc(N)c4Cl)c4nccn34)CC2)[C@@H]1N. The van der Waals surface area contributed by atoms with Gasteiger partial charge in [-0.25, -0.2) is 9.97 Å². The third kappa shape index (κ3) is 3.11. The van der Waals surface area contributed by atoms with Crippen LogP contribution in [0.2, 0.25) is 5.02 Å². The third-order valence-corrected chi connectivity index (χ3v) is 7.43. The molecule has 1 unspecified atom stereocenters. The fourth-order valence-electron chi connectivity index (χ4n) is 5.08. The molecule has 0 bridgehead atoms. The van der Waals surface area contributed by atoms with Gasteiger partial charge in [-0.1, -0.05) is 11.6 Å². The summed E-state index contributed by atoms with van der Waals surface area (Å²) in [6.07, 6.45) is 7.00. The van der Waals surface area contributed by atoms with E-state index in [1.54, 1.807) is 18.5 Å². The number of hydrogen-bond acceptors (Lipinski definition) is 7. The highest BCUT2D eigenvalue weighted by Crippen LogP contribution is 2.43. The fourth-order valence-corrected chi connectivity index (χ4v) is 5.28. The first kappa shape index (κ1) is 21.0. The minimum Gasteiger partial charge on any atom is -0.382 e. The molecule has 32 heavy (non-hydrogen) atoms. The highest BCUT2D eigenvalue weighted by molar-refractivity contribution is 6.36. The number of rotatable bonds is 3. The number of nitrogens with zero attached hydrogens (tertiary/aromatic N) is 4. The van der Waals surface area contributed by atoms with E-state index in [4.69, 9.17) is 33.5 Å². The zero-order valence-electron chi connectivity index (χ0n) is 17.8. The predicted octanol–water partition coefficient (Wildman–Crippen LogP) is 2.06. The van der Waals surface area contributed by atoms with E-state index in [9.17, 15) is 4.79 Å². The molecule has 2 atom stereocenters. The van der Waals surface area contributed by atoms with Gasteiger partial charge in [-0.3, -0.25) is 9.20 Å². The van der Waals surface area contributed by atoms with Crippen LogP contribution in [0.25, 0.3) is 16.8 Å². The van der Waals surface area contributed by atoms with Crippen LogP contribution >= 0.6 is 11.6 Å². The van der Waals surface area contributed by atoms with E-state index in [-0.39, 0.29) is 28.4 Å². The van der Waals surface area contributed by atoms with Crippen molar-refractivity contribution in [3.8, 4) is 11.1 Å². The number of nitrogen functional groups attached to an aromatic ring is 1. The molecular formula is C22H26ClN7O2. The van der Waals surface area contributed by atoms with Gasteiger partial charge in [0, 0.05) is 54.3 Å². The number of hydrogen-bond donors (Lipinski definition) is 3. The number of ether oxygens (including phenoxy) is 1. The summed E-state index contributed by atoms with van der Waals surface area (Å²) in [5.41, 5.74) is 20.2. The maximum Gasteiger partial charge on any atom is 0.249 e. The van der Waals surface area contributed by atoms with Crippen molar-refractivity contribution in [1.29, 1.82) is 0 Å². The quantitative estimate of drug-likeness (QED) is 0.549. The zero-order valence-corrected chi connectivity index (χ0v) is 18.5. The number of carbonyl (C=O) groups is 1. The van der Waals surface area contributed by atoms with Crippen molar-refractivity contribution in [2.75, 3.05) is 30.3 Å². The average Bonchev–Trinajstić information content (AvgIpc) is 3.37. The lowest BCUT2D eigenvalue weighted by Gasteiger charge is -2.42. The van der Waals surface area contributed by atoms with E-state index < -0.39 is 5.91 Å². The molecule has 2 fully saturated rings. The molecule has 10 heteroatoms. The second kappa shape index (κ2) is 7.61. The summed E-state index contributed by atoms with van der Waals surface area (Å²) in [5.74, 6) is 0.467. The number of nitrogens with two attached hydrogens (primary N) is 3. The number of halogens is 1. The second-order valence-electron chi connectivity index (χ2n) is 8.73. The summed E-state index contributed by atoms with van der Waals surface area (Å²) in [6.45, 7) is 4.31. The van der Waals surface area contributed by atoms with Crippen molar-refractivity contribution in [3.63, 3.8) is 0 Å².